The predicted octanol–water partition coefficient (Wildman–Crippen LogP) is 2.05. The molecule has 2 N–H and O–H groups in total. The second-order valence-electron chi connectivity index (χ2n) is 4.53. The molecule has 0 spiro atoms. The highest BCUT2D eigenvalue weighted by molar-refractivity contribution is 5.58. The minimum Gasteiger partial charge on any atom is -0.393 e. The molecule has 1 fully saturated rings. The van der Waals surface area contributed by atoms with Gasteiger partial charge in [-0.25, -0.2) is 0 Å². The van der Waals surface area contributed by atoms with Crippen LogP contribution in [0.5, 0.6) is 0 Å². The Kier molecular flexibility index (Phi) is 3.12. The monoisotopic (exact) mass is 216 g/mol. The largest absolute Gasteiger partial charge is 0.393 e. The molecule has 16 heavy (non-hydrogen) atoms. The van der Waals surface area contributed by atoms with E-state index in [0.717, 1.165) is 30.6 Å². The third kappa shape index (κ3) is 2.34. The lowest BCUT2D eigenvalue weighted by Gasteiger charge is -2.31. The van der Waals surface area contributed by atoms with E-state index < -0.39 is 0 Å². The van der Waals surface area contributed by atoms with Crippen molar-refractivity contribution in [3.05, 3.63) is 29.3 Å². The fraction of sp³-hybridized carbons (Fsp3) is 0.462. The number of nitrogens with one attached hydrogen (secondary N) is 1. The van der Waals surface area contributed by atoms with E-state index in [1.54, 1.807) is 0 Å². The smallest absolute Gasteiger partial charge is 0.101 e. The zero-order chi connectivity index (χ0) is 11.5. The van der Waals surface area contributed by atoms with Crippen molar-refractivity contribution in [2.75, 3.05) is 11.9 Å². The molecular formula is C13H16N2O. The number of aliphatic hydroxyl groups excluding tert-OH is 1. The van der Waals surface area contributed by atoms with Gasteiger partial charge in [-0.2, -0.15) is 5.26 Å². The highest BCUT2D eigenvalue weighted by atomic mass is 16.3. The van der Waals surface area contributed by atoms with Crippen LogP contribution >= 0.6 is 0 Å². The number of benzene rings is 1. The van der Waals surface area contributed by atoms with Gasteiger partial charge in [0.2, 0.25) is 0 Å². The number of anilines is 1. The molecule has 1 saturated carbocycles. The Morgan fingerprint density at radius 2 is 2.25 bits per heavy atom. The van der Waals surface area contributed by atoms with E-state index in [1.807, 2.05) is 25.1 Å². The first-order valence-electron chi connectivity index (χ1n) is 5.61. The van der Waals surface area contributed by atoms with Gasteiger partial charge in [0.15, 0.2) is 0 Å². The molecule has 1 aliphatic carbocycles. The minimum atomic E-state index is -0.111. The number of aryl methyl sites for hydroxylation is 1. The van der Waals surface area contributed by atoms with Crippen molar-refractivity contribution in [3.63, 3.8) is 0 Å². The zero-order valence-corrected chi connectivity index (χ0v) is 9.40. The van der Waals surface area contributed by atoms with Gasteiger partial charge in [0.1, 0.15) is 6.07 Å². The summed E-state index contributed by atoms with van der Waals surface area (Å²) in [6, 6.07) is 8.03. The fourth-order valence-electron chi connectivity index (χ4n) is 2.03. The molecule has 0 heterocycles. The Bertz CT molecular complexity index is 416. The van der Waals surface area contributed by atoms with Crippen molar-refractivity contribution in [3.8, 4) is 6.07 Å². The molecule has 0 bridgehead atoms. The first-order valence-corrected chi connectivity index (χ1v) is 5.61. The third-order valence-electron chi connectivity index (χ3n) is 3.09. The van der Waals surface area contributed by atoms with E-state index in [0.29, 0.717) is 11.5 Å². The van der Waals surface area contributed by atoms with Gasteiger partial charge in [-0.3, -0.25) is 0 Å². The fourth-order valence-corrected chi connectivity index (χ4v) is 2.03. The van der Waals surface area contributed by atoms with E-state index in [4.69, 9.17) is 5.26 Å². The molecule has 2 rings (SSSR count). The minimum absolute atomic E-state index is 0.111. The number of hydrogen-bond donors (Lipinski definition) is 2. The van der Waals surface area contributed by atoms with Crippen LogP contribution in [0.4, 0.5) is 5.69 Å². The summed E-state index contributed by atoms with van der Waals surface area (Å²) in [5, 5.41) is 21.4. The van der Waals surface area contributed by atoms with Crippen molar-refractivity contribution in [2.24, 2.45) is 5.92 Å². The summed E-state index contributed by atoms with van der Waals surface area (Å²) in [5.74, 6) is 0.544. The SMILES string of the molecule is Cc1ccc(NCC2CC(O)C2)c(C#N)c1. The Morgan fingerprint density at radius 3 is 2.88 bits per heavy atom. The van der Waals surface area contributed by atoms with Crippen LogP contribution in [0.15, 0.2) is 18.2 Å². The average molecular weight is 216 g/mol. The average Bonchev–Trinajstić information content (AvgIpc) is 2.24. The lowest BCUT2D eigenvalue weighted by Crippen LogP contribution is -2.33. The molecule has 0 atom stereocenters. The van der Waals surface area contributed by atoms with Gasteiger partial charge in [0, 0.05) is 6.54 Å². The second-order valence-corrected chi connectivity index (χ2v) is 4.53. The van der Waals surface area contributed by atoms with E-state index in [9.17, 15) is 5.11 Å². The Morgan fingerprint density at radius 1 is 1.50 bits per heavy atom. The van der Waals surface area contributed by atoms with Gasteiger partial charge in [0.05, 0.1) is 17.4 Å². The van der Waals surface area contributed by atoms with E-state index in [-0.39, 0.29) is 6.10 Å². The molecule has 1 aliphatic rings. The maximum absolute atomic E-state index is 9.17. The highest BCUT2D eigenvalue weighted by Gasteiger charge is 2.26. The van der Waals surface area contributed by atoms with Gasteiger partial charge in [-0.05, 0) is 43.4 Å². The zero-order valence-electron chi connectivity index (χ0n) is 9.40. The summed E-state index contributed by atoms with van der Waals surface area (Å²) < 4.78 is 0. The van der Waals surface area contributed by atoms with Gasteiger partial charge in [-0.1, -0.05) is 6.07 Å². The van der Waals surface area contributed by atoms with E-state index >= 15 is 0 Å². The second kappa shape index (κ2) is 4.54. The van der Waals surface area contributed by atoms with Crippen LogP contribution in [0.3, 0.4) is 0 Å². The number of hydrogen-bond acceptors (Lipinski definition) is 3. The van der Waals surface area contributed by atoms with Crippen LogP contribution in [0.2, 0.25) is 0 Å². The van der Waals surface area contributed by atoms with Crippen molar-refractivity contribution in [1.82, 2.24) is 0 Å². The Hall–Kier alpha value is -1.53. The lowest BCUT2D eigenvalue weighted by atomic mass is 9.82. The molecule has 0 aromatic heterocycles. The van der Waals surface area contributed by atoms with Crippen LogP contribution in [-0.4, -0.2) is 17.8 Å². The summed E-state index contributed by atoms with van der Waals surface area (Å²) >= 11 is 0. The molecule has 0 amide bonds. The Labute approximate surface area is 95.7 Å². The molecule has 0 aliphatic heterocycles. The highest BCUT2D eigenvalue weighted by Crippen LogP contribution is 2.27. The van der Waals surface area contributed by atoms with Gasteiger partial charge >= 0.3 is 0 Å². The van der Waals surface area contributed by atoms with Crippen molar-refractivity contribution in [2.45, 2.75) is 25.9 Å². The number of aliphatic hydroxyl groups is 1. The molecule has 3 heteroatoms. The molecule has 0 unspecified atom stereocenters. The normalized spacial score (nSPS) is 23.3. The van der Waals surface area contributed by atoms with Crippen molar-refractivity contribution < 1.29 is 5.11 Å². The molecule has 1 aromatic carbocycles. The van der Waals surface area contributed by atoms with Crippen LogP contribution < -0.4 is 5.32 Å². The first-order chi connectivity index (χ1) is 7.69. The molecule has 0 saturated heterocycles. The molecule has 0 radical (unpaired) electrons. The van der Waals surface area contributed by atoms with E-state index in [2.05, 4.69) is 11.4 Å². The summed E-state index contributed by atoms with van der Waals surface area (Å²) in [4.78, 5) is 0. The van der Waals surface area contributed by atoms with Crippen molar-refractivity contribution >= 4 is 5.69 Å². The van der Waals surface area contributed by atoms with Gasteiger partial charge in [-0.15, -0.1) is 0 Å². The number of rotatable bonds is 3. The summed E-state index contributed by atoms with van der Waals surface area (Å²) in [7, 11) is 0. The van der Waals surface area contributed by atoms with Crippen LogP contribution in [0.25, 0.3) is 0 Å². The first kappa shape index (κ1) is 11.0. The lowest BCUT2D eigenvalue weighted by molar-refractivity contribution is 0.0487. The molecule has 84 valence electrons. The summed E-state index contributed by atoms with van der Waals surface area (Å²) in [6.07, 6.45) is 1.64. The maximum atomic E-state index is 9.17. The predicted molar refractivity (Wildman–Crippen MR) is 63.1 cm³/mol. The molecule has 3 nitrogen and oxygen atoms in total. The number of nitrogens with zero attached hydrogens (tertiary/aromatic N) is 1. The van der Waals surface area contributed by atoms with Crippen molar-refractivity contribution in [1.29, 1.82) is 5.26 Å². The quantitative estimate of drug-likeness (QED) is 0.813. The summed E-state index contributed by atoms with van der Waals surface area (Å²) in [5.41, 5.74) is 2.69. The van der Waals surface area contributed by atoms with Gasteiger partial charge < -0.3 is 10.4 Å². The third-order valence-corrected chi connectivity index (χ3v) is 3.09. The molecular weight excluding hydrogens is 200 g/mol. The van der Waals surface area contributed by atoms with E-state index in [1.165, 1.54) is 0 Å². The molecule has 1 aromatic rings. The van der Waals surface area contributed by atoms with Gasteiger partial charge in [0.25, 0.3) is 0 Å². The van der Waals surface area contributed by atoms with Crippen LogP contribution in [0, 0.1) is 24.2 Å². The van der Waals surface area contributed by atoms with Crippen LogP contribution in [0.1, 0.15) is 24.0 Å². The summed E-state index contributed by atoms with van der Waals surface area (Å²) in [6.45, 7) is 2.82. The number of nitriles is 1. The topological polar surface area (TPSA) is 56.0 Å². The van der Waals surface area contributed by atoms with Crippen LogP contribution in [-0.2, 0) is 0 Å². The standard InChI is InChI=1S/C13H16N2O/c1-9-2-3-13(11(4-9)7-14)15-8-10-5-12(16)6-10/h2-4,10,12,15-16H,5-6,8H2,1H3. The Balaban J connectivity index is 1.96. The maximum Gasteiger partial charge on any atom is 0.101 e.